The summed E-state index contributed by atoms with van der Waals surface area (Å²) < 4.78 is 5.78. The average Bonchev–Trinajstić information content (AvgIpc) is 2.65. The Balaban J connectivity index is 1.76. The quantitative estimate of drug-likeness (QED) is 0.587. The maximum absolute atomic E-state index is 5.51. The van der Waals surface area contributed by atoms with Gasteiger partial charge in [-0.3, -0.25) is 4.99 Å². The van der Waals surface area contributed by atoms with E-state index in [-0.39, 0.29) is 4.75 Å². The molecule has 0 amide bonds. The SMILES string of the molecule is CN=C(NCC1(SC)CCOCC1)NC(C)CCc1ccccc1. The Morgan fingerprint density at radius 3 is 2.62 bits per heavy atom. The molecule has 0 radical (unpaired) electrons. The molecule has 2 rings (SSSR count). The molecule has 1 aliphatic heterocycles. The minimum Gasteiger partial charge on any atom is -0.381 e. The molecule has 2 N–H and O–H groups in total. The van der Waals surface area contributed by atoms with E-state index in [4.69, 9.17) is 4.74 Å². The average molecular weight is 350 g/mol. The van der Waals surface area contributed by atoms with Gasteiger partial charge < -0.3 is 15.4 Å². The first-order chi connectivity index (χ1) is 11.7. The van der Waals surface area contributed by atoms with Gasteiger partial charge in [0.05, 0.1) is 0 Å². The van der Waals surface area contributed by atoms with Crippen LogP contribution in [0.2, 0.25) is 0 Å². The van der Waals surface area contributed by atoms with E-state index in [1.165, 1.54) is 5.56 Å². The molecule has 134 valence electrons. The second-order valence-corrected chi connectivity index (χ2v) is 7.77. The second kappa shape index (κ2) is 9.94. The molecule has 1 saturated heterocycles. The molecule has 1 heterocycles. The van der Waals surface area contributed by atoms with Crippen LogP contribution in [-0.4, -0.2) is 49.8 Å². The topological polar surface area (TPSA) is 45.7 Å². The van der Waals surface area contributed by atoms with E-state index in [2.05, 4.69) is 59.1 Å². The Kier molecular flexibility index (Phi) is 7.92. The molecule has 4 nitrogen and oxygen atoms in total. The number of hydrogen-bond acceptors (Lipinski definition) is 3. The third-order valence-corrected chi connectivity index (χ3v) is 6.15. The van der Waals surface area contributed by atoms with Gasteiger partial charge in [-0.15, -0.1) is 0 Å². The van der Waals surface area contributed by atoms with E-state index in [0.29, 0.717) is 6.04 Å². The number of hydrogen-bond donors (Lipinski definition) is 2. The van der Waals surface area contributed by atoms with Crippen LogP contribution in [-0.2, 0) is 11.2 Å². The first kappa shape index (κ1) is 19.1. The number of ether oxygens (including phenoxy) is 1. The zero-order valence-corrected chi connectivity index (χ0v) is 16.0. The Labute approximate surface area is 150 Å². The van der Waals surface area contributed by atoms with Crippen LogP contribution in [0.15, 0.2) is 35.3 Å². The monoisotopic (exact) mass is 349 g/mol. The lowest BCUT2D eigenvalue weighted by Gasteiger charge is -2.36. The van der Waals surface area contributed by atoms with Crippen LogP contribution in [0.5, 0.6) is 0 Å². The van der Waals surface area contributed by atoms with Crippen LogP contribution in [0.3, 0.4) is 0 Å². The zero-order valence-electron chi connectivity index (χ0n) is 15.2. The van der Waals surface area contributed by atoms with Gasteiger partial charge in [0.1, 0.15) is 0 Å². The van der Waals surface area contributed by atoms with Gasteiger partial charge in [0.25, 0.3) is 0 Å². The summed E-state index contributed by atoms with van der Waals surface area (Å²) in [4.78, 5) is 4.39. The van der Waals surface area contributed by atoms with Crippen molar-refractivity contribution in [3.63, 3.8) is 0 Å². The molecule has 0 aromatic heterocycles. The predicted octanol–water partition coefficient (Wildman–Crippen LogP) is 3.08. The largest absolute Gasteiger partial charge is 0.381 e. The number of guanidine groups is 1. The van der Waals surface area contributed by atoms with Gasteiger partial charge in [0.2, 0.25) is 0 Å². The van der Waals surface area contributed by atoms with E-state index in [1.807, 2.05) is 18.8 Å². The van der Waals surface area contributed by atoms with E-state index in [0.717, 1.165) is 51.4 Å². The number of rotatable bonds is 7. The molecule has 0 aliphatic carbocycles. The highest BCUT2D eigenvalue weighted by Gasteiger charge is 2.31. The van der Waals surface area contributed by atoms with Crippen molar-refractivity contribution in [2.45, 2.75) is 43.4 Å². The molecule has 1 unspecified atom stereocenters. The van der Waals surface area contributed by atoms with Crippen molar-refractivity contribution in [3.05, 3.63) is 35.9 Å². The summed E-state index contributed by atoms with van der Waals surface area (Å²) in [7, 11) is 1.84. The summed E-state index contributed by atoms with van der Waals surface area (Å²) in [5, 5.41) is 7.04. The third-order valence-electron chi connectivity index (χ3n) is 4.73. The Bertz CT molecular complexity index is 501. The van der Waals surface area contributed by atoms with Crippen molar-refractivity contribution in [3.8, 4) is 0 Å². The van der Waals surface area contributed by atoms with Crippen molar-refractivity contribution < 1.29 is 4.74 Å². The number of benzene rings is 1. The minimum absolute atomic E-state index is 0.267. The molecular weight excluding hydrogens is 318 g/mol. The summed E-state index contributed by atoms with van der Waals surface area (Å²) >= 11 is 1.95. The summed E-state index contributed by atoms with van der Waals surface area (Å²) in [6.07, 6.45) is 6.57. The van der Waals surface area contributed by atoms with Crippen molar-refractivity contribution in [2.75, 3.05) is 33.1 Å². The number of nitrogens with one attached hydrogen (secondary N) is 2. The molecule has 0 saturated carbocycles. The van der Waals surface area contributed by atoms with Crippen LogP contribution in [0.25, 0.3) is 0 Å². The fourth-order valence-electron chi connectivity index (χ4n) is 2.97. The Morgan fingerprint density at radius 2 is 2.00 bits per heavy atom. The smallest absolute Gasteiger partial charge is 0.191 e. The number of thioether (sulfide) groups is 1. The number of aliphatic imine (C=N–C) groups is 1. The van der Waals surface area contributed by atoms with Crippen LogP contribution in [0.4, 0.5) is 0 Å². The van der Waals surface area contributed by atoms with Crippen molar-refractivity contribution >= 4 is 17.7 Å². The lowest BCUT2D eigenvalue weighted by Crippen LogP contribution is -2.49. The Hall–Kier alpha value is -1.20. The number of aryl methyl sites for hydroxylation is 1. The van der Waals surface area contributed by atoms with Crippen molar-refractivity contribution in [1.29, 1.82) is 0 Å². The van der Waals surface area contributed by atoms with Gasteiger partial charge in [-0.2, -0.15) is 11.8 Å². The van der Waals surface area contributed by atoms with Gasteiger partial charge in [0.15, 0.2) is 5.96 Å². The van der Waals surface area contributed by atoms with Crippen molar-refractivity contribution in [2.24, 2.45) is 4.99 Å². The van der Waals surface area contributed by atoms with Gasteiger partial charge >= 0.3 is 0 Å². The molecule has 1 atom stereocenters. The minimum atomic E-state index is 0.267. The maximum Gasteiger partial charge on any atom is 0.191 e. The lowest BCUT2D eigenvalue weighted by atomic mass is 9.99. The highest BCUT2D eigenvalue weighted by molar-refractivity contribution is 8.00. The van der Waals surface area contributed by atoms with E-state index >= 15 is 0 Å². The molecule has 1 aromatic carbocycles. The number of nitrogens with zero attached hydrogens (tertiary/aromatic N) is 1. The molecule has 0 spiro atoms. The van der Waals surface area contributed by atoms with Gasteiger partial charge in [-0.25, -0.2) is 0 Å². The third kappa shape index (κ3) is 6.02. The molecule has 1 aromatic rings. The van der Waals surface area contributed by atoms with Gasteiger partial charge in [0, 0.05) is 37.6 Å². The van der Waals surface area contributed by atoms with E-state index in [1.54, 1.807) is 0 Å². The first-order valence-electron chi connectivity index (χ1n) is 8.81. The fourth-order valence-corrected chi connectivity index (χ4v) is 3.76. The van der Waals surface area contributed by atoms with Crippen LogP contribution < -0.4 is 10.6 Å². The molecule has 1 fully saturated rings. The van der Waals surface area contributed by atoms with E-state index < -0.39 is 0 Å². The van der Waals surface area contributed by atoms with Crippen LogP contribution in [0, 0.1) is 0 Å². The van der Waals surface area contributed by atoms with Gasteiger partial charge in [-0.1, -0.05) is 30.3 Å². The second-order valence-electron chi connectivity index (χ2n) is 6.49. The highest BCUT2D eigenvalue weighted by Crippen LogP contribution is 2.32. The molecule has 24 heavy (non-hydrogen) atoms. The van der Waals surface area contributed by atoms with E-state index in [9.17, 15) is 0 Å². The van der Waals surface area contributed by atoms with Crippen LogP contribution >= 0.6 is 11.8 Å². The molecular formula is C19H31N3OS. The standard InChI is InChI=1S/C19H31N3OS/c1-16(9-10-17-7-5-4-6-8-17)22-18(20-2)21-15-19(24-3)11-13-23-14-12-19/h4-8,16H,9-15H2,1-3H3,(H2,20,21,22). The fraction of sp³-hybridized carbons (Fsp3) is 0.632. The molecule has 1 aliphatic rings. The summed E-state index contributed by atoms with van der Waals surface area (Å²) in [6.45, 7) is 4.88. The van der Waals surface area contributed by atoms with Crippen molar-refractivity contribution in [1.82, 2.24) is 10.6 Å². The van der Waals surface area contributed by atoms with Crippen LogP contribution in [0.1, 0.15) is 31.7 Å². The maximum atomic E-state index is 5.51. The summed E-state index contributed by atoms with van der Waals surface area (Å²) in [6, 6.07) is 11.0. The first-order valence-corrected chi connectivity index (χ1v) is 10.0. The highest BCUT2D eigenvalue weighted by atomic mass is 32.2. The lowest BCUT2D eigenvalue weighted by molar-refractivity contribution is 0.0782. The zero-order chi connectivity index (χ0) is 17.3. The summed E-state index contributed by atoms with van der Waals surface area (Å²) in [5.41, 5.74) is 1.39. The van der Waals surface area contributed by atoms with Gasteiger partial charge in [-0.05, 0) is 44.4 Å². The normalized spacial score (nSPS) is 18.9. The summed E-state index contributed by atoms with van der Waals surface area (Å²) in [5.74, 6) is 0.899. The molecule has 5 heteroatoms. The Morgan fingerprint density at radius 1 is 1.29 bits per heavy atom. The molecule has 0 bridgehead atoms. The predicted molar refractivity (Wildman–Crippen MR) is 105 cm³/mol.